The summed E-state index contributed by atoms with van der Waals surface area (Å²) in [7, 11) is 0. The van der Waals surface area contributed by atoms with Crippen LogP contribution in [0.5, 0.6) is 5.75 Å². The molecule has 76 valence electrons. The summed E-state index contributed by atoms with van der Waals surface area (Å²) in [6.45, 7) is -4.57. The maximum absolute atomic E-state index is 10.8. The maximum atomic E-state index is 10.8. The van der Waals surface area contributed by atoms with E-state index in [0.29, 0.717) is 0 Å². The summed E-state index contributed by atoms with van der Waals surface area (Å²) >= 11 is 0. The summed E-state index contributed by atoms with van der Waals surface area (Å²) in [5, 5.41) is 2.38. The van der Waals surface area contributed by atoms with Gasteiger partial charge in [-0.3, -0.25) is 4.79 Å². The van der Waals surface area contributed by atoms with E-state index in [-0.39, 0.29) is 23.2 Å². The Balaban J connectivity index is 2.95. The number of hydrogen-bond donors (Lipinski definition) is 2. The lowest BCUT2D eigenvalue weighted by atomic mass is 10.3. The Kier molecular flexibility index (Phi) is 1.65. The number of ether oxygens (including phenoxy) is 1. The van der Waals surface area contributed by atoms with Gasteiger partial charge in [0.25, 0.3) is 0 Å². The molecular formula is C9H13N3O2. The van der Waals surface area contributed by atoms with Gasteiger partial charge in [0.05, 0.1) is 21.2 Å². The highest BCUT2D eigenvalue weighted by Gasteiger charge is 2.03. The fourth-order valence-electron chi connectivity index (χ4n) is 0.847. The van der Waals surface area contributed by atoms with E-state index in [1.807, 2.05) is 0 Å². The lowest BCUT2D eigenvalue weighted by molar-refractivity contribution is -0.114. The number of nitrogens with one attached hydrogen (secondary N) is 1. The average molecular weight is 200 g/mol. The predicted molar refractivity (Wildman–Crippen MR) is 54.1 cm³/mol. The Bertz CT molecular complexity index is 489. The quantitative estimate of drug-likeness (QED) is 0.763. The third-order valence-electron chi connectivity index (χ3n) is 1.36. The van der Waals surface area contributed by atoms with Gasteiger partial charge in [0.1, 0.15) is 5.82 Å². The van der Waals surface area contributed by atoms with E-state index in [2.05, 4.69) is 10.3 Å². The molecule has 1 aromatic rings. The van der Waals surface area contributed by atoms with Crippen molar-refractivity contribution in [3.63, 3.8) is 0 Å². The van der Waals surface area contributed by atoms with Gasteiger partial charge >= 0.3 is 0 Å². The molecule has 1 heterocycles. The molecule has 0 saturated carbocycles. The summed E-state index contributed by atoms with van der Waals surface area (Å²) in [5.74, 6) is -0.402. The zero-order chi connectivity index (χ0) is 14.8. The molecule has 0 aliphatic carbocycles. The number of amides is 1. The number of nitrogen functional groups attached to an aromatic ring is 1. The Morgan fingerprint density at radius 2 is 2.71 bits per heavy atom. The highest BCUT2D eigenvalue weighted by Crippen LogP contribution is 2.22. The van der Waals surface area contributed by atoms with Gasteiger partial charge in [0.15, 0.2) is 5.75 Å². The summed E-state index contributed by atoms with van der Waals surface area (Å²) in [6, 6.07) is 1.24. The first kappa shape index (κ1) is 5.19. The highest BCUT2D eigenvalue weighted by molar-refractivity contribution is 5.88. The van der Waals surface area contributed by atoms with E-state index in [1.165, 1.54) is 13.0 Å². The van der Waals surface area contributed by atoms with Gasteiger partial charge in [-0.1, -0.05) is 0 Å². The van der Waals surface area contributed by atoms with Crippen molar-refractivity contribution in [2.24, 2.45) is 0 Å². The summed E-state index contributed by atoms with van der Waals surface area (Å²) in [6.07, 6.45) is 1.05. The van der Waals surface area contributed by atoms with Crippen molar-refractivity contribution in [1.82, 2.24) is 4.98 Å². The van der Waals surface area contributed by atoms with Crippen LogP contribution in [0.2, 0.25) is 0 Å². The maximum Gasteiger partial charge on any atom is 0.222 e. The number of nitrogens with zero attached hydrogens (tertiary/aromatic N) is 1. The fraction of sp³-hybridized carbons (Fsp3) is 0.333. The molecule has 0 bridgehead atoms. The number of aromatic nitrogens is 1. The molecule has 0 aliphatic rings. The van der Waals surface area contributed by atoms with E-state index in [9.17, 15) is 4.79 Å². The Hall–Kier alpha value is -1.78. The largest absolute Gasteiger partial charge is 0.490 e. The molecule has 0 aromatic carbocycles. The van der Waals surface area contributed by atoms with E-state index >= 15 is 0 Å². The number of pyridine rings is 1. The van der Waals surface area contributed by atoms with E-state index in [0.717, 1.165) is 6.20 Å². The van der Waals surface area contributed by atoms with Crippen LogP contribution in [0.1, 0.15) is 20.6 Å². The minimum Gasteiger partial charge on any atom is -0.490 e. The number of carbonyl (C=O) groups is 1. The zero-order valence-electron chi connectivity index (χ0n) is 12.5. The van der Waals surface area contributed by atoms with Crippen molar-refractivity contribution in [1.29, 1.82) is 0 Å². The second-order valence-corrected chi connectivity index (χ2v) is 2.49. The van der Waals surface area contributed by atoms with Crippen LogP contribution in [0.15, 0.2) is 12.3 Å². The SMILES string of the molecule is [2H]C([2H])([2H])C([2H])([2H])Oc1cnc(NC(C)=O)cc1N. The van der Waals surface area contributed by atoms with Gasteiger partial charge in [-0.15, -0.1) is 0 Å². The van der Waals surface area contributed by atoms with E-state index < -0.39 is 13.4 Å². The molecule has 14 heavy (non-hydrogen) atoms. The Morgan fingerprint density at radius 1 is 1.93 bits per heavy atom. The first-order valence-electron chi connectivity index (χ1n) is 6.25. The molecule has 0 radical (unpaired) electrons. The Morgan fingerprint density at radius 3 is 3.29 bits per heavy atom. The molecular weight excluding hydrogens is 182 g/mol. The number of carbonyl (C=O) groups excluding carboxylic acids is 1. The number of hydrogen-bond acceptors (Lipinski definition) is 4. The molecule has 0 saturated heterocycles. The molecule has 1 aromatic heterocycles. The number of rotatable bonds is 3. The van der Waals surface area contributed by atoms with Gasteiger partial charge < -0.3 is 15.8 Å². The van der Waals surface area contributed by atoms with Gasteiger partial charge in [-0.2, -0.15) is 0 Å². The van der Waals surface area contributed by atoms with Crippen LogP contribution in [-0.4, -0.2) is 17.5 Å². The van der Waals surface area contributed by atoms with Crippen LogP contribution < -0.4 is 15.8 Å². The normalized spacial score (nSPS) is 16.8. The molecule has 5 heteroatoms. The summed E-state index contributed by atoms with van der Waals surface area (Å²) in [5.41, 5.74) is 5.55. The predicted octanol–water partition coefficient (Wildman–Crippen LogP) is 1.02. The van der Waals surface area contributed by atoms with Crippen molar-refractivity contribution in [3.05, 3.63) is 12.3 Å². The molecule has 0 spiro atoms. The van der Waals surface area contributed by atoms with Crippen LogP contribution in [0, 0.1) is 0 Å². The minimum absolute atomic E-state index is 0.0353. The van der Waals surface area contributed by atoms with Gasteiger partial charge in [0, 0.05) is 17.1 Å². The van der Waals surface area contributed by atoms with Crippen LogP contribution >= 0.6 is 0 Å². The van der Waals surface area contributed by atoms with Gasteiger partial charge in [0.2, 0.25) is 5.91 Å². The third kappa shape index (κ3) is 2.62. The van der Waals surface area contributed by atoms with Crippen molar-refractivity contribution < 1.29 is 16.4 Å². The number of anilines is 2. The molecule has 0 atom stereocenters. The molecule has 3 N–H and O–H groups in total. The van der Waals surface area contributed by atoms with Crippen LogP contribution in [0.4, 0.5) is 11.5 Å². The highest BCUT2D eigenvalue weighted by atomic mass is 16.5. The van der Waals surface area contributed by atoms with Crippen molar-refractivity contribution in [2.45, 2.75) is 13.8 Å². The van der Waals surface area contributed by atoms with Gasteiger partial charge in [-0.25, -0.2) is 4.98 Å². The van der Waals surface area contributed by atoms with E-state index in [4.69, 9.17) is 17.3 Å². The third-order valence-corrected chi connectivity index (χ3v) is 1.36. The lowest BCUT2D eigenvalue weighted by Crippen LogP contribution is -2.08. The Labute approximate surface area is 89.3 Å². The second-order valence-electron chi connectivity index (χ2n) is 2.49. The molecule has 1 rings (SSSR count). The summed E-state index contributed by atoms with van der Waals surface area (Å²) < 4.78 is 40.4. The molecule has 0 aliphatic heterocycles. The van der Waals surface area contributed by atoms with Crippen LogP contribution in [0.25, 0.3) is 0 Å². The molecule has 0 fully saturated rings. The average Bonchev–Trinajstić information content (AvgIpc) is 2.19. The zero-order valence-corrected chi connectivity index (χ0v) is 7.50. The van der Waals surface area contributed by atoms with Crippen LogP contribution in [0.3, 0.4) is 0 Å². The van der Waals surface area contributed by atoms with Crippen LogP contribution in [-0.2, 0) is 4.79 Å². The monoisotopic (exact) mass is 200 g/mol. The molecule has 1 amide bonds. The smallest absolute Gasteiger partial charge is 0.222 e. The van der Waals surface area contributed by atoms with Gasteiger partial charge in [-0.05, 0) is 6.85 Å². The molecule has 0 unspecified atom stereocenters. The summed E-state index contributed by atoms with van der Waals surface area (Å²) in [4.78, 5) is 14.6. The van der Waals surface area contributed by atoms with E-state index in [1.54, 1.807) is 0 Å². The number of nitrogens with two attached hydrogens (primary N) is 1. The minimum atomic E-state index is -2.96. The fourth-order valence-corrected chi connectivity index (χ4v) is 0.847. The second kappa shape index (κ2) is 4.45. The van der Waals surface area contributed by atoms with Crippen molar-refractivity contribution in [3.8, 4) is 5.75 Å². The standard InChI is InChI=1S/C9H13N3O2/c1-3-14-8-5-11-9(4-7(8)10)12-6(2)13/h4-5H,3H2,1-2H3,(H3,10,11,12,13)/i1D3,3D2. The topological polar surface area (TPSA) is 77.2 Å². The first-order chi connectivity index (χ1) is 8.53. The van der Waals surface area contributed by atoms with Crippen molar-refractivity contribution >= 4 is 17.4 Å². The molecule has 5 nitrogen and oxygen atoms in total. The first-order valence-corrected chi connectivity index (χ1v) is 3.75. The lowest BCUT2D eigenvalue weighted by Gasteiger charge is -2.07. The van der Waals surface area contributed by atoms with Crippen molar-refractivity contribution in [2.75, 3.05) is 17.6 Å².